The van der Waals surface area contributed by atoms with Crippen LogP contribution in [-0.2, 0) is 11.3 Å². The van der Waals surface area contributed by atoms with Crippen LogP contribution in [0.4, 0.5) is 4.39 Å². The number of rotatable bonds is 5. The Bertz CT molecular complexity index is 1120. The molecule has 2 heterocycles. The summed E-state index contributed by atoms with van der Waals surface area (Å²) in [6, 6.07) is 12.3. The van der Waals surface area contributed by atoms with Gasteiger partial charge in [0.05, 0.1) is 11.8 Å². The van der Waals surface area contributed by atoms with Gasteiger partial charge in [-0.3, -0.25) is 4.79 Å². The molecule has 1 aliphatic heterocycles. The molecule has 0 radical (unpaired) electrons. The van der Waals surface area contributed by atoms with Crippen molar-refractivity contribution in [2.45, 2.75) is 32.4 Å². The van der Waals surface area contributed by atoms with Crippen LogP contribution in [-0.4, -0.2) is 45.6 Å². The molecule has 1 aromatic heterocycles. The number of para-hydroxylation sites is 1. The van der Waals surface area contributed by atoms with Gasteiger partial charge in [-0.15, -0.1) is 5.10 Å². The average molecular weight is 406 g/mol. The molecule has 2 aromatic carbocycles. The van der Waals surface area contributed by atoms with Crippen LogP contribution < -0.4 is 0 Å². The fraction of sp³-hybridized carbons (Fsp3) is 0.348. The molecule has 0 spiro atoms. The molecule has 0 N–H and O–H groups in total. The van der Waals surface area contributed by atoms with E-state index in [0.717, 1.165) is 41.8 Å². The number of carbonyl (C=O) groups is 1. The summed E-state index contributed by atoms with van der Waals surface area (Å²) < 4.78 is 21.0. The Kier molecular flexibility index (Phi) is 4.62. The Labute approximate surface area is 174 Å². The third-order valence-electron chi connectivity index (χ3n) is 6.24. The van der Waals surface area contributed by atoms with Gasteiger partial charge >= 0.3 is 0 Å². The normalized spacial score (nSPS) is 20.4. The van der Waals surface area contributed by atoms with Crippen LogP contribution in [0, 0.1) is 18.7 Å². The van der Waals surface area contributed by atoms with Gasteiger partial charge in [0.15, 0.2) is 0 Å². The number of methoxy groups -OCH3 is 1. The van der Waals surface area contributed by atoms with E-state index in [1.807, 2.05) is 30.0 Å². The van der Waals surface area contributed by atoms with Gasteiger partial charge in [-0.05, 0) is 55.5 Å². The number of halogens is 1. The Morgan fingerprint density at radius 1 is 1.20 bits per heavy atom. The van der Waals surface area contributed by atoms with Crippen molar-refractivity contribution in [3.63, 3.8) is 0 Å². The molecule has 6 nitrogen and oxygen atoms in total. The Morgan fingerprint density at radius 3 is 2.77 bits per heavy atom. The summed E-state index contributed by atoms with van der Waals surface area (Å²) in [5.74, 6) is 0.249. The van der Waals surface area contributed by atoms with Gasteiger partial charge < -0.3 is 9.64 Å². The second kappa shape index (κ2) is 7.32. The van der Waals surface area contributed by atoms with Crippen molar-refractivity contribution in [1.29, 1.82) is 0 Å². The number of amides is 1. The van der Waals surface area contributed by atoms with Crippen molar-refractivity contribution in [3.8, 4) is 16.9 Å². The first kappa shape index (κ1) is 18.9. The average Bonchev–Trinajstić information content (AvgIpc) is 3.24. The second-order valence-electron chi connectivity index (χ2n) is 8.14. The van der Waals surface area contributed by atoms with Crippen LogP contribution in [0.2, 0.25) is 0 Å². The van der Waals surface area contributed by atoms with Crippen molar-refractivity contribution >= 4 is 5.91 Å². The van der Waals surface area contributed by atoms with Crippen LogP contribution in [0.3, 0.4) is 0 Å². The maximum atomic E-state index is 14.2. The maximum absolute atomic E-state index is 14.2. The highest BCUT2D eigenvalue weighted by Crippen LogP contribution is 2.34. The SMILES string of the molecule is CO[C@H]1C[C@H](CN2Cc3cc(-c4nnn(-c5ccccc5F)c4C)ccc3C2=O)C1. The first-order chi connectivity index (χ1) is 14.5. The zero-order valence-electron chi connectivity index (χ0n) is 17.0. The highest BCUT2D eigenvalue weighted by atomic mass is 19.1. The van der Waals surface area contributed by atoms with Crippen LogP contribution in [0.5, 0.6) is 0 Å². The van der Waals surface area contributed by atoms with Crippen molar-refractivity contribution in [3.05, 3.63) is 65.1 Å². The van der Waals surface area contributed by atoms with Crippen LogP contribution in [0.15, 0.2) is 42.5 Å². The summed E-state index contributed by atoms with van der Waals surface area (Å²) in [5, 5.41) is 8.45. The number of benzene rings is 2. The van der Waals surface area contributed by atoms with Gasteiger partial charge in [0.2, 0.25) is 0 Å². The van der Waals surface area contributed by atoms with Gasteiger partial charge in [-0.1, -0.05) is 23.4 Å². The molecule has 2 aliphatic rings. The molecule has 0 saturated heterocycles. The quantitative estimate of drug-likeness (QED) is 0.647. The minimum Gasteiger partial charge on any atom is -0.381 e. The number of ether oxygens (including phenoxy) is 1. The molecule has 1 saturated carbocycles. The van der Waals surface area contributed by atoms with E-state index >= 15 is 0 Å². The predicted octanol–water partition coefficient (Wildman–Crippen LogP) is 3.76. The lowest BCUT2D eigenvalue weighted by Gasteiger charge is -2.36. The summed E-state index contributed by atoms with van der Waals surface area (Å²) in [7, 11) is 1.74. The van der Waals surface area contributed by atoms with Gasteiger partial charge in [-0.2, -0.15) is 0 Å². The summed E-state index contributed by atoms with van der Waals surface area (Å²) in [6.07, 6.45) is 2.36. The predicted molar refractivity (Wildman–Crippen MR) is 110 cm³/mol. The zero-order valence-corrected chi connectivity index (χ0v) is 17.0. The van der Waals surface area contributed by atoms with Crippen LogP contribution >= 0.6 is 0 Å². The minimum absolute atomic E-state index is 0.0872. The lowest BCUT2D eigenvalue weighted by Crippen LogP contribution is -2.39. The standard InChI is InChI=1S/C23H23FN4O2/c1-14-22(25-26-28(14)21-6-4-3-5-20(21)24)16-7-8-19-17(11-16)13-27(23(19)29)12-15-9-18(10-15)30-2/h3-8,11,15,18H,9-10,12-13H2,1-2H3/t15-,18-. The highest BCUT2D eigenvalue weighted by Gasteiger charge is 2.35. The number of hydrogen-bond donors (Lipinski definition) is 0. The second-order valence-corrected chi connectivity index (χ2v) is 8.14. The van der Waals surface area contributed by atoms with Crippen molar-refractivity contribution in [1.82, 2.24) is 19.9 Å². The largest absolute Gasteiger partial charge is 0.381 e. The van der Waals surface area contributed by atoms with Crippen LogP contribution in [0.1, 0.15) is 34.5 Å². The van der Waals surface area contributed by atoms with Crippen LogP contribution in [0.25, 0.3) is 16.9 Å². The number of nitrogens with zero attached hydrogens (tertiary/aromatic N) is 4. The van der Waals surface area contributed by atoms with E-state index in [0.29, 0.717) is 29.9 Å². The lowest BCUT2D eigenvalue weighted by atomic mass is 9.82. The molecule has 30 heavy (non-hydrogen) atoms. The molecule has 7 heteroatoms. The number of fused-ring (bicyclic) bond motifs is 1. The van der Waals surface area contributed by atoms with Crippen molar-refractivity contribution in [2.75, 3.05) is 13.7 Å². The summed E-state index contributed by atoms with van der Waals surface area (Å²) >= 11 is 0. The molecule has 154 valence electrons. The molecular weight excluding hydrogens is 383 g/mol. The van der Waals surface area contributed by atoms with Gasteiger partial charge in [-0.25, -0.2) is 9.07 Å². The molecule has 0 bridgehead atoms. The monoisotopic (exact) mass is 406 g/mol. The summed E-state index contributed by atoms with van der Waals surface area (Å²) in [6.45, 7) is 3.25. The number of hydrogen-bond acceptors (Lipinski definition) is 4. The fourth-order valence-electron chi connectivity index (χ4n) is 4.45. The number of carbonyl (C=O) groups excluding carboxylic acids is 1. The van der Waals surface area contributed by atoms with E-state index in [-0.39, 0.29) is 11.7 Å². The minimum atomic E-state index is -0.348. The summed E-state index contributed by atoms with van der Waals surface area (Å²) in [4.78, 5) is 14.7. The molecular formula is C23H23FN4O2. The maximum Gasteiger partial charge on any atom is 0.254 e. The van der Waals surface area contributed by atoms with Gasteiger partial charge in [0.25, 0.3) is 5.91 Å². The van der Waals surface area contributed by atoms with Gasteiger partial charge in [0.1, 0.15) is 17.2 Å². The first-order valence-electron chi connectivity index (χ1n) is 10.2. The molecule has 1 fully saturated rings. The third-order valence-corrected chi connectivity index (χ3v) is 6.24. The molecule has 1 amide bonds. The molecule has 0 unspecified atom stereocenters. The molecule has 5 rings (SSSR count). The van der Waals surface area contributed by atoms with E-state index in [1.54, 1.807) is 25.3 Å². The van der Waals surface area contributed by atoms with Gasteiger partial charge in [0, 0.05) is 31.3 Å². The van der Waals surface area contributed by atoms with Crippen molar-refractivity contribution < 1.29 is 13.9 Å². The van der Waals surface area contributed by atoms with E-state index in [2.05, 4.69) is 10.3 Å². The zero-order chi connectivity index (χ0) is 20.8. The fourth-order valence-corrected chi connectivity index (χ4v) is 4.45. The van der Waals surface area contributed by atoms with E-state index in [4.69, 9.17) is 4.74 Å². The lowest BCUT2D eigenvalue weighted by molar-refractivity contribution is -0.00933. The topological polar surface area (TPSA) is 60.2 Å². The Balaban J connectivity index is 1.39. The number of aromatic nitrogens is 3. The van der Waals surface area contributed by atoms with E-state index in [1.165, 1.54) is 10.7 Å². The van der Waals surface area contributed by atoms with E-state index in [9.17, 15) is 9.18 Å². The molecule has 3 aromatic rings. The molecule has 0 atom stereocenters. The molecule has 1 aliphatic carbocycles. The third kappa shape index (κ3) is 3.10. The Hall–Kier alpha value is -3.06. The van der Waals surface area contributed by atoms with Crippen molar-refractivity contribution in [2.24, 2.45) is 5.92 Å². The highest BCUT2D eigenvalue weighted by molar-refractivity contribution is 5.99. The summed E-state index contributed by atoms with van der Waals surface area (Å²) in [5.41, 5.74) is 4.44. The smallest absolute Gasteiger partial charge is 0.254 e. The first-order valence-corrected chi connectivity index (χ1v) is 10.2. The Morgan fingerprint density at radius 2 is 2.00 bits per heavy atom. The van der Waals surface area contributed by atoms with E-state index < -0.39 is 0 Å².